The molecule has 8 nitrogen and oxygen atoms in total. The van der Waals surface area contributed by atoms with Crippen LogP contribution in [-0.4, -0.2) is 54.5 Å². The minimum atomic E-state index is -1.08. The van der Waals surface area contributed by atoms with E-state index >= 15 is 0 Å². The van der Waals surface area contributed by atoms with Crippen LogP contribution in [0.3, 0.4) is 0 Å². The first-order valence-electron chi connectivity index (χ1n) is 11.8. The molecule has 0 radical (unpaired) electrons. The molecule has 2 aliphatic carbocycles. The lowest BCUT2D eigenvalue weighted by molar-refractivity contribution is -0.148. The van der Waals surface area contributed by atoms with Crippen molar-refractivity contribution in [1.29, 1.82) is 0 Å². The number of carboxylic acids is 1. The van der Waals surface area contributed by atoms with E-state index in [9.17, 15) is 19.5 Å². The maximum Gasteiger partial charge on any atom is 0.407 e. The Balaban J connectivity index is 1.18. The maximum absolute atomic E-state index is 12.7. The van der Waals surface area contributed by atoms with E-state index in [2.05, 4.69) is 34.9 Å². The van der Waals surface area contributed by atoms with E-state index in [4.69, 9.17) is 9.47 Å². The summed E-state index contributed by atoms with van der Waals surface area (Å²) in [6.45, 7) is 0.509. The van der Waals surface area contributed by atoms with Gasteiger partial charge in [-0.05, 0) is 47.4 Å². The lowest BCUT2D eigenvalue weighted by Crippen LogP contribution is -2.47. The van der Waals surface area contributed by atoms with Crippen molar-refractivity contribution in [3.05, 3.63) is 59.7 Å². The van der Waals surface area contributed by atoms with Crippen LogP contribution < -0.4 is 10.6 Å². The van der Waals surface area contributed by atoms with Crippen molar-refractivity contribution in [1.82, 2.24) is 10.6 Å². The third-order valence-corrected chi connectivity index (χ3v) is 6.92. The molecule has 2 amide bonds. The van der Waals surface area contributed by atoms with Gasteiger partial charge in [-0.2, -0.15) is 0 Å². The number of alkyl carbamates (subject to hydrolysis) is 1. The van der Waals surface area contributed by atoms with Gasteiger partial charge in [0.15, 0.2) is 6.10 Å². The second kappa shape index (κ2) is 9.46. The molecule has 1 aliphatic heterocycles. The van der Waals surface area contributed by atoms with Gasteiger partial charge in [0.1, 0.15) is 6.61 Å². The molecule has 2 aromatic carbocycles. The molecular weight excluding hydrogens is 436 g/mol. The quantitative estimate of drug-likeness (QED) is 0.553. The number of carbonyl (C=O) groups is 3. The third-order valence-electron chi connectivity index (χ3n) is 6.92. The van der Waals surface area contributed by atoms with Crippen molar-refractivity contribution >= 4 is 18.0 Å². The highest BCUT2D eigenvalue weighted by Crippen LogP contribution is 2.44. The number of benzene rings is 2. The number of rotatable bonds is 8. The Hall–Kier alpha value is -3.39. The van der Waals surface area contributed by atoms with Gasteiger partial charge in [-0.1, -0.05) is 48.5 Å². The average molecular weight is 465 g/mol. The standard InChI is InChI=1S/C26H28N2O6/c29-23(27-21-11-12-33-24(21)25(30)31)13-22(15-9-10-15)28-26(32)34-14-20-18-7-3-1-5-16(18)17-6-2-4-8-19(17)20/h1-8,15,20-22,24H,9-14H2,(H,27,29)(H,28,32)(H,30,31). The van der Waals surface area contributed by atoms with Gasteiger partial charge in [0.25, 0.3) is 0 Å². The van der Waals surface area contributed by atoms with E-state index < -0.39 is 24.2 Å². The van der Waals surface area contributed by atoms with E-state index in [0.717, 1.165) is 35.1 Å². The zero-order valence-electron chi connectivity index (χ0n) is 18.7. The Labute approximate surface area is 197 Å². The first-order chi connectivity index (χ1) is 16.5. The Bertz CT molecular complexity index is 1050. The Morgan fingerprint density at radius 1 is 1.00 bits per heavy atom. The molecule has 5 rings (SSSR count). The van der Waals surface area contributed by atoms with Crippen molar-refractivity contribution < 1.29 is 29.0 Å². The van der Waals surface area contributed by atoms with Crippen molar-refractivity contribution in [2.45, 2.75) is 49.8 Å². The smallest absolute Gasteiger partial charge is 0.407 e. The van der Waals surface area contributed by atoms with Crippen molar-refractivity contribution in [3.8, 4) is 11.1 Å². The topological polar surface area (TPSA) is 114 Å². The monoisotopic (exact) mass is 464 g/mol. The first-order valence-corrected chi connectivity index (χ1v) is 11.8. The molecule has 2 fully saturated rings. The fourth-order valence-corrected chi connectivity index (χ4v) is 5.07. The minimum absolute atomic E-state index is 0.0313. The molecule has 2 aromatic rings. The minimum Gasteiger partial charge on any atom is -0.479 e. The predicted molar refractivity (Wildman–Crippen MR) is 123 cm³/mol. The van der Waals surface area contributed by atoms with Gasteiger partial charge in [-0.3, -0.25) is 4.79 Å². The van der Waals surface area contributed by atoms with Crippen LogP contribution in [0.15, 0.2) is 48.5 Å². The number of fused-ring (bicyclic) bond motifs is 3. The van der Waals surface area contributed by atoms with Gasteiger partial charge in [-0.15, -0.1) is 0 Å². The highest BCUT2D eigenvalue weighted by atomic mass is 16.5. The summed E-state index contributed by atoms with van der Waals surface area (Å²) in [7, 11) is 0. The molecule has 178 valence electrons. The molecule has 1 saturated heterocycles. The molecule has 34 heavy (non-hydrogen) atoms. The number of carboxylic acid groups (broad SMARTS) is 1. The van der Waals surface area contributed by atoms with Crippen LogP contribution in [0.2, 0.25) is 0 Å². The van der Waals surface area contributed by atoms with Crippen LogP contribution in [0, 0.1) is 5.92 Å². The second-order valence-electron chi connectivity index (χ2n) is 9.21. The van der Waals surface area contributed by atoms with Gasteiger partial charge in [0.05, 0.1) is 6.04 Å². The van der Waals surface area contributed by atoms with Crippen LogP contribution >= 0.6 is 0 Å². The summed E-state index contributed by atoms with van der Waals surface area (Å²) in [6.07, 6.45) is 0.837. The van der Waals surface area contributed by atoms with Gasteiger partial charge in [-0.25, -0.2) is 9.59 Å². The molecule has 0 bridgehead atoms. The van der Waals surface area contributed by atoms with Gasteiger partial charge < -0.3 is 25.2 Å². The van der Waals surface area contributed by atoms with Crippen LogP contribution in [0.5, 0.6) is 0 Å². The van der Waals surface area contributed by atoms with Crippen LogP contribution in [0.1, 0.15) is 42.7 Å². The van der Waals surface area contributed by atoms with E-state index in [1.807, 2.05) is 24.3 Å². The number of carbonyl (C=O) groups excluding carboxylic acids is 2. The fraction of sp³-hybridized carbons (Fsp3) is 0.423. The maximum atomic E-state index is 12.7. The third kappa shape index (κ3) is 4.63. The highest BCUT2D eigenvalue weighted by molar-refractivity contribution is 5.81. The summed E-state index contributed by atoms with van der Waals surface area (Å²) in [5.74, 6) is -1.19. The number of aliphatic carboxylic acids is 1. The average Bonchev–Trinajstić information content (AvgIpc) is 3.49. The van der Waals surface area contributed by atoms with Crippen LogP contribution in [0.25, 0.3) is 11.1 Å². The molecule has 0 spiro atoms. The molecule has 3 atom stereocenters. The normalized spacial score (nSPS) is 21.9. The molecule has 8 heteroatoms. The molecule has 3 aliphatic rings. The number of hydrogen-bond acceptors (Lipinski definition) is 5. The lowest BCUT2D eigenvalue weighted by Gasteiger charge is -2.21. The zero-order valence-corrected chi connectivity index (χ0v) is 18.7. The summed E-state index contributed by atoms with van der Waals surface area (Å²) >= 11 is 0. The lowest BCUT2D eigenvalue weighted by atomic mass is 9.98. The Morgan fingerprint density at radius 2 is 1.65 bits per heavy atom. The summed E-state index contributed by atoms with van der Waals surface area (Å²) in [4.78, 5) is 36.5. The van der Waals surface area contributed by atoms with Gasteiger partial charge in [0, 0.05) is 25.0 Å². The summed E-state index contributed by atoms with van der Waals surface area (Å²) in [5, 5.41) is 14.8. The van der Waals surface area contributed by atoms with E-state index in [0.29, 0.717) is 13.0 Å². The summed E-state index contributed by atoms with van der Waals surface area (Å²) in [6, 6.07) is 15.4. The number of hydrogen-bond donors (Lipinski definition) is 3. The first kappa shape index (κ1) is 22.4. The van der Waals surface area contributed by atoms with Crippen LogP contribution in [0.4, 0.5) is 4.79 Å². The molecule has 1 heterocycles. The fourth-order valence-electron chi connectivity index (χ4n) is 5.07. The van der Waals surface area contributed by atoms with E-state index in [1.54, 1.807) is 0 Å². The number of amides is 2. The van der Waals surface area contributed by atoms with Gasteiger partial charge >= 0.3 is 12.1 Å². The summed E-state index contributed by atoms with van der Waals surface area (Å²) in [5.41, 5.74) is 4.60. The molecular formula is C26H28N2O6. The van der Waals surface area contributed by atoms with E-state index in [-0.39, 0.29) is 36.8 Å². The predicted octanol–water partition coefficient (Wildman–Crippen LogP) is 3.05. The largest absolute Gasteiger partial charge is 0.479 e. The van der Waals surface area contributed by atoms with Crippen LogP contribution in [-0.2, 0) is 19.1 Å². The summed E-state index contributed by atoms with van der Waals surface area (Å²) < 4.78 is 10.8. The zero-order chi connectivity index (χ0) is 23.7. The van der Waals surface area contributed by atoms with E-state index in [1.165, 1.54) is 0 Å². The van der Waals surface area contributed by atoms with Crippen molar-refractivity contribution in [3.63, 3.8) is 0 Å². The van der Waals surface area contributed by atoms with Crippen molar-refractivity contribution in [2.75, 3.05) is 13.2 Å². The SMILES string of the molecule is O=C(CC(NC(=O)OCC1c2ccccc2-c2ccccc21)C1CC1)NC1CCOC1C(=O)O. The Morgan fingerprint density at radius 3 is 2.26 bits per heavy atom. The highest BCUT2D eigenvalue weighted by Gasteiger charge is 2.38. The number of nitrogens with one attached hydrogen (secondary N) is 2. The molecule has 3 unspecified atom stereocenters. The second-order valence-corrected chi connectivity index (χ2v) is 9.21. The van der Waals surface area contributed by atoms with Crippen molar-refractivity contribution in [2.24, 2.45) is 5.92 Å². The van der Waals surface area contributed by atoms with Gasteiger partial charge in [0.2, 0.25) is 5.91 Å². The number of ether oxygens (including phenoxy) is 2. The molecule has 1 saturated carbocycles. The molecule has 3 N–H and O–H groups in total. The molecule has 0 aromatic heterocycles. The Kier molecular flexibility index (Phi) is 6.24.